The Balaban J connectivity index is 1.69. The number of amides is 2. The van der Waals surface area contributed by atoms with Crippen LogP contribution in [0.4, 0.5) is 5.69 Å². The van der Waals surface area contributed by atoms with Gasteiger partial charge in [0, 0.05) is 35.9 Å². The lowest BCUT2D eigenvalue weighted by Crippen LogP contribution is -2.43. The highest BCUT2D eigenvalue weighted by Gasteiger charge is 2.26. The van der Waals surface area contributed by atoms with E-state index in [-0.39, 0.29) is 17.9 Å². The molecule has 0 saturated carbocycles. The Kier molecular flexibility index (Phi) is 6.24. The minimum absolute atomic E-state index is 0.0677. The maximum atomic E-state index is 13.0. The first-order valence-corrected chi connectivity index (χ1v) is 9.54. The van der Waals surface area contributed by atoms with Gasteiger partial charge in [0.05, 0.1) is 0 Å². The summed E-state index contributed by atoms with van der Waals surface area (Å²) in [5.41, 5.74) is 1.95. The summed E-state index contributed by atoms with van der Waals surface area (Å²) in [7, 11) is 2.11. The number of hydrogen-bond acceptors (Lipinski definition) is 3. The summed E-state index contributed by atoms with van der Waals surface area (Å²) in [5, 5.41) is 2.87. The Labute approximate surface area is 161 Å². The molecule has 2 aromatic carbocycles. The van der Waals surface area contributed by atoms with Crippen molar-refractivity contribution in [2.24, 2.45) is 0 Å². The Bertz CT molecular complexity index is 774. The van der Waals surface area contributed by atoms with Crippen molar-refractivity contribution in [1.29, 1.82) is 0 Å². The standard InChI is InChI=1S/C22H27N3O2/c1-3-20-16-24(2)14-7-15-25(20)22(27)18-10-12-19(13-11-18)23-21(26)17-8-5-4-6-9-17/h4-6,8-13,20H,3,7,14-16H2,1-2H3,(H,23,26). The van der Waals surface area contributed by atoms with E-state index in [0.717, 1.165) is 32.5 Å². The van der Waals surface area contributed by atoms with E-state index in [0.29, 0.717) is 16.8 Å². The van der Waals surface area contributed by atoms with Gasteiger partial charge in [-0.05, 0) is 62.8 Å². The SMILES string of the molecule is CCC1CN(C)CCCN1C(=O)c1ccc(NC(=O)c2ccccc2)cc1. The Morgan fingerprint density at radius 2 is 1.70 bits per heavy atom. The van der Waals surface area contributed by atoms with E-state index in [1.165, 1.54) is 0 Å². The predicted molar refractivity (Wildman–Crippen MR) is 108 cm³/mol. The van der Waals surface area contributed by atoms with Crippen LogP contribution in [0.1, 0.15) is 40.5 Å². The molecular weight excluding hydrogens is 338 g/mol. The number of rotatable bonds is 4. The number of anilines is 1. The molecule has 2 amide bonds. The van der Waals surface area contributed by atoms with Gasteiger partial charge in [-0.25, -0.2) is 0 Å². The smallest absolute Gasteiger partial charge is 0.255 e. The molecule has 1 fully saturated rings. The molecule has 1 N–H and O–H groups in total. The van der Waals surface area contributed by atoms with Crippen molar-refractivity contribution in [3.8, 4) is 0 Å². The highest BCUT2D eigenvalue weighted by Crippen LogP contribution is 2.18. The number of nitrogens with one attached hydrogen (secondary N) is 1. The molecule has 0 spiro atoms. The molecule has 1 unspecified atom stereocenters. The Morgan fingerprint density at radius 1 is 1.00 bits per heavy atom. The van der Waals surface area contributed by atoms with Crippen molar-refractivity contribution in [3.63, 3.8) is 0 Å². The number of carbonyl (C=O) groups is 2. The van der Waals surface area contributed by atoms with Crippen LogP contribution in [-0.2, 0) is 0 Å². The lowest BCUT2D eigenvalue weighted by molar-refractivity contribution is 0.0675. The average Bonchev–Trinajstić information content (AvgIpc) is 2.89. The van der Waals surface area contributed by atoms with Gasteiger partial charge >= 0.3 is 0 Å². The summed E-state index contributed by atoms with van der Waals surface area (Å²) in [6.07, 6.45) is 1.94. The number of benzene rings is 2. The molecule has 1 aliphatic heterocycles. The fourth-order valence-electron chi connectivity index (χ4n) is 3.51. The zero-order chi connectivity index (χ0) is 19.2. The van der Waals surface area contributed by atoms with E-state index < -0.39 is 0 Å². The van der Waals surface area contributed by atoms with E-state index in [4.69, 9.17) is 0 Å². The molecule has 0 radical (unpaired) electrons. The van der Waals surface area contributed by atoms with Crippen LogP contribution < -0.4 is 5.32 Å². The Morgan fingerprint density at radius 3 is 2.37 bits per heavy atom. The van der Waals surface area contributed by atoms with Gasteiger partial charge in [-0.15, -0.1) is 0 Å². The zero-order valence-electron chi connectivity index (χ0n) is 16.0. The van der Waals surface area contributed by atoms with Crippen LogP contribution >= 0.6 is 0 Å². The molecule has 1 aliphatic rings. The third-order valence-corrected chi connectivity index (χ3v) is 5.06. The van der Waals surface area contributed by atoms with E-state index in [1.807, 2.05) is 23.1 Å². The van der Waals surface area contributed by atoms with Crippen LogP contribution in [0.2, 0.25) is 0 Å². The van der Waals surface area contributed by atoms with E-state index >= 15 is 0 Å². The molecule has 0 bridgehead atoms. The van der Waals surface area contributed by atoms with Crippen LogP contribution in [0, 0.1) is 0 Å². The van der Waals surface area contributed by atoms with Crippen molar-refractivity contribution in [3.05, 3.63) is 65.7 Å². The van der Waals surface area contributed by atoms with Gasteiger partial charge in [-0.1, -0.05) is 25.1 Å². The lowest BCUT2D eigenvalue weighted by atomic mass is 10.1. The van der Waals surface area contributed by atoms with Crippen molar-refractivity contribution < 1.29 is 9.59 Å². The topological polar surface area (TPSA) is 52.6 Å². The van der Waals surface area contributed by atoms with Crippen molar-refractivity contribution in [2.75, 3.05) is 32.0 Å². The van der Waals surface area contributed by atoms with Gasteiger partial charge in [0.2, 0.25) is 0 Å². The van der Waals surface area contributed by atoms with E-state index in [9.17, 15) is 9.59 Å². The summed E-state index contributed by atoms with van der Waals surface area (Å²) < 4.78 is 0. The molecule has 142 valence electrons. The fraction of sp³-hybridized carbons (Fsp3) is 0.364. The minimum Gasteiger partial charge on any atom is -0.334 e. The maximum Gasteiger partial charge on any atom is 0.255 e. The van der Waals surface area contributed by atoms with E-state index in [1.54, 1.807) is 36.4 Å². The fourth-order valence-corrected chi connectivity index (χ4v) is 3.51. The van der Waals surface area contributed by atoms with Crippen LogP contribution in [-0.4, -0.2) is 54.3 Å². The summed E-state index contributed by atoms with van der Waals surface area (Å²) >= 11 is 0. The van der Waals surface area contributed by atoms with Crippen LogP contribution in [0.15, 0.2) is 54.6 Å². The van der Waals surface area contributed by atoms with Gasteiger partial charge in [0.25, 0.3) is 11.8 Å². The largest absolute Gasteiger partial charge is 0.334 e. The molecule has 1 atom stereocenters. The third kappa shape index (κ3) is 4.74. The van der Waals surface area contributed by atoms with E-state index in [2.05, 4.69) is 24.2 Å². The van der Waals surface area contributed by atoms with Crippen molar-refractivity contribution >= 4 is 17.5 Å². The predicted octanol–water partition coefficient (Wildman–Crippen LogP) is 3.50. The van der Waals surface area contributed by atoms with Gasteiger partial charge in [0.15, 0.2) is 0 Å². The first-order chi connectivity index (χ1) is 13.1. The highest BCUT2D eigenvalue weighted by atomic mass is 16.2. The molecule has 2 aromatic rings. The minimum atomic E-state index is -0.156. The van der Waals surface area contributed by atoms with Crippen molar-refractivity contribution in [2.45, 2.75) is 25.8 Å². The monoisotopic (exact) mass is 365 g/mol. The van der Waals surface area contributed by atoms with Crippen LogP contribution in [0.25, 0.3) is 0 Å². The van der Waals surface area contributed by atoms with Crippen LogP contribution in [0.5, 0.6) is 0 Å². The first-order valence-electron chi connectivity index (χ1n) is 9.54. The lowest BCUT2D eigenvalue weighted by Gasteiger charge is -2.30. The summed E-state index contributed by atoms with van der Waals surface area (Å²) in [4.78, 5) is 29.5. The second-order valence-electron chi connectivity index (χ2n) is 7.07. The third-order valence-electron chi connectivity index (χ3n) is 5.06. The van der Waals surface area contributed by atoms with Gasteiger partial charge < -0.3 is 15.1 Å². The molecule has 0 aliphatic carbocycles. The second kappa shape index (κ2) is 8.82. The van der Waals surface area contributed by atoms with Crippen LogP contribution in [0.3, 0.4) is 0 Å². The zero-order valence-corrected chi connectivity index (χ0v) is 16.0. The number of carbonyl (C=O) groups excluding carboxylic acids is 2. The summed E-state index contributed by atoms with van der Waals surface area (Å²) in [6, 6.07) is 16.5. The number of nitrogens with zero attached hydrogens (tertiary/aromatic N) is 2. The molecule has 1 heterocycles. The Hall–Kier alpha value is -2.66. The summed E-state index contributed by atoms with van der Waals surface area (Å²) in [5.74, 6) is -0.0886. The molecule has 1 saturated heterocycles. The normalized spacial score (nSPS) is 18.0. The molecule has 0 aromatic heterocycles. The van der Waals surface area contributed by atoms with Crippen molar-refractivity contribution in [1.82, 2.24) is 9.80 Å². The molecule has 27 heavy (non-hydrogen) atoms. The molecule has 3 rings (SSSR count). The molecular formula is C22H27N3O2. The van der Waals surface area contributed by atoms with Gasteiger partial charge in [0.1, 0.15) is 0 Å². The number of hydrogen-bond donors (Lipinski definition) is 1. The molecule has 5 nitrogen and oxygen atoms in total. The summed E-state index contributed by atoms with van der Waals surface area (Å²) in [6.45, 7) is 4.85. The second-order valence-corrected chi connectivity index (χ2v) is 7.07. The highest BCUT2D eigenvalue weighted by molar-refractivity contribution is 6.04. The maximum absolute atomic E-state index is 13.0. The van der Waals surface area contributed by atoms with Gasteiger partial charge in [-0.3, -0.25) is 9.59 Å². The number of likely N-dealkylation sites (N-methyl/N-ethyl adjacent to an activating group) is 1. The molecule has 5 heteroatoms. The van der Waals surface area contributed by atoms with Gasteiger partial charge in [-0.2, -0.15) is 0 Å². The average molecular weight is 365 g/mol. The quantitative estimate of drug-likeness (QED) is 0.902. The first kappa shape index (κ1) is 19.1.